The van der Waals surface area contributed by atoms with E-state index in [0.717, 1.165) is 30.2 Å². The Balaban J connectivity index is 1.50. The van der Waals surface area contributed by atoms with Gasteiger partial charge in [0, 0.05) is 23.9 Å². The Morgan fingerprint density at radius 1 is 1.24 bits per heavy atom. The van der Waals surface area contributed by atoms with Crippen LogP contribution >= 0.6 is 0 Å². The molecular formula is C19H24N2O4. The van der Waals surface area contributed by atoms with Gasteiger partial charge in [0.05, 0.1) is 5.69 Å². The van der Waals surface area contributed by atoms with Crippen LogP contribution in [0.3, 0.4) is 0 Å². The number of fused-ring (bicyclic) bond motifs is 1. The molecule has 0 saturated heterocycles. The maximum absolute atomic E-state index is 12.2. The normalized spacial score (nSPS) is 13.1. The van der Waals surface area contributed by atoms with E-state index in [-0.39, 0.29) is 18.1 Å². The standard InChI is InChI=1S/C19H24N2O4/c1-12-14(25-18(21-12)19(2,3)4)6-5-9-20-17(22)13-7-8-15-16(10-13)24-11-23-15/h7-8,10H,5-6,9,11H2,1-4H3,(H,20,22). The van der Waals surface area contributed by atoms with Gasteiger partial charge in [0.15, 0.2) is 17.4 Å². The van der Waals surface area contributed by atoms with Crippen LogP contribution < -0.4 is 14.8 Å². The zero-order valence-corrected chi connectivity index (χ0v) is 15.1. The lowest BCUT2D eigenvalue weighted by Crippen LogP contribution is -2.24. The van der Waals surface area contributed by atoms with E-state index in [1.165, 1.54) is 0 Å². The van der Waals surface area contributed by atoms with Gasteiger partial charge >= 0.3 is 0 Å². The molecule has 1 aliphatic rings. The second-order valence-corrected chi connectivity index (χ2v) is 7.21. The maximum atomic E-state index is 12.2. The van der Waals surface area contributed by atoms with E-state index in [2.05, 4.69) is 31.1 Å². The lowest BCUT2D eigenvalue weighted by atomic mass is 9.97. The minimum absolute atomic E-state index is 0.101. The first-order chi connectivity index (χ1) is 11.8. The molecule has 1 amide bonds. The summed E-state index contributed by atoms with van der Waals surface area (Å²) in [6.07, 6.45) is 1.53. The van der Waals surface area contributed by atoms with Crippen LogP contribution in [0.1, 0.15) is 54.9 Å². The molecule has 1 aromatic heterocycles. The highest BCUT2D eigenvalue weighted by Crippen LogP contribution is 2.32. The van der Waals surface area contributed by atoms with Crippen LogP contribution in [-0.4, -0.2) is 24.2 Å². The van der Waals surface area contributed by atoms with Crippen LogP contribution in [0.2, 0.25) is 0 Å². The Kier molecular flexibility index (Phi) is 4.70. The van der Waals surface area contributed by atoms with Crippen molar-refractivity contribution in [3.63, 3.8) is 0 Å². The van der Waals surface area contributed by atoms with Gasteiger partial charge in [-0.05, 0) is 31.5 Å². The van der Waals surface area contributed by atoms with Crippen LogP contribution in [0.4, 0.5) is 0 Å². The maximum Gasteiger partial charge on any atom is 0.251 e. The number of rotatable bonds is 5. The van der Waals surface area contributed by atoms with E-state index in [1.54, 1.807) is 18.2 Å². The highest BCUT2D eigenvalue weighted by molar-refractivity contribution is 5.94. The number of benzene rings is 1. The molecule has 2 heterocycles. The number of nitrogens with one attached hydrogen (secondary N) is 1. The summed E-state index contributed by atoms with van der Waals surface area (Å²) in [5, 5.41) is 2.92. The number of oxazole rings is 1. The molecule has 134 valence electrons. The van der Waals surface area contributed by atoms with E-state index in [9.17, 15) is 4.79 Å². The van der Waals surface area contributed by atoms with Gasteiger partial charge in [0.1, 0.15) is 5.76 Å². The smallest absolute Gasteiger partial charge is 0.251 e. The lowest BCUT2D eigenvalue weighted by molar-refractivity contribution is 0.0952. The van der Waals surface area contributed by atoms with Gasteiger partial charge < -0.3 is 19.2 Å². The molecule has 1 aliphatic heterocycles. The van der Waals surface area contributed by atoms with E-state index >= 15 is 0 Å². The lowest BCUT2D eigenvalue weighted by Gasteiger charge is -2.12. The molecule has 0 fully saturated rings. The summed E-state index contributed by atoms with van der Waals surface area (Å²) in [4.78, 5) is 16.7. The van der Waals surface area contributed by atoms with Crippen molar-refractivity contribution in [1.82, 2.24) is 10.3 Å². The molecule has 1 N–H and O–H groups in total. The number of carbonyl (C=O) groups is 1. The molecule has 0 bridgehead atoms. The van der Waals surface area contributed by atoms with Gasteiger partial charge in [-0.1, -0.05) is 20.8 Å². The molecule has 1 aromatic carbocycles. The van der Waals surface area contributed by atoms with Crippen molar-refractivity contribution in [3.05, 3.63) is 41.1 Å². The first-order valence-electron chi connectivity index (χ1n) is 8.49. The number of aryl methyl sites for hydroxylation is 2. The van der Waals surface area contributed by atoms with Gasteiger partial charge in [0.25, 0.3) is 5.91 Å². The summed E-state index contributed by atoms with van der Waals surface area (Å²) in [6, 6.07) is 5.19. The van der Waals surface area contributed by atoms with Crippen LogP contribution in [0.25, 0.3) is 0 Å². The average Bonchev–Trinajstić information content (AvgIpc) is 3.16. The summed E-state index contributed by atoms with van der Waals surface area (Å²) < 4.78 is 16.4. The monoisotopic (exact) mass is 344 g/mol. The number of nitrogens with zero attached hydrogens (tertiary/aromatic N) is 1. The molecule has 0 aliphatic carbocycles. The minimum Gasteiger partial charge on any atom is -0.454 e. The van der Waals surface area contributed by atoms with Crippen molar-refractivity contribution in [1.29, 1.82) is 0 Å². The van der Waals surface area contributed by atoms with Crippen LogP contribution in [0.5, 0.6) is 11.5 Å². The summed E-state index contributed by atoms with van der Waals surface area (Å²) in [5.74, 6) is 2.81. The number of carbonyl (C=O) groups excluding carboxylic acids is 1. The third-order valence-corrected chi connectivity index (χ3v) is 4.04. The number of ether oxygens (including phenoxy) is 2. The SMILES string of the molecule is Cc1nc(C(C)(C)C)oc1CCCNC(=O)c1ccc2c(c1)OCO2. The molecule has 25 heavy (non-hydrogen) atoms. The fourth-order valence-corrected chi connectivity index (χ4v) is 2.57. The first-order valence-corrected chi connectivity index (χ1v) is 8.49. The molecular weight excluding hydrogens is 320 g/mol. The second kappa shape index (κ2) is 6.78. The van der Waals surface area contributed by atoms with Crippen molar-refractivity contribution >= 4 is 5.91 Å². The van der Waals surface area contributed by atoms with Gasteiger partial charge in [-0.3, -0.25) is 4.79 Å². The van der Waals surface area contributed by atoms with E-state index in [0.29, 0.717) is 23.6 Å². The highest BCUT2D eigenvalue weighted by Gasteiger charge is 2.22. The third kappa shape index (κ3) is 3.95. The highest BCUT2D eigenvalue weighted by atomic mass is 16.7. The fourth-order valence-electron chi connectivity index (χ4n) is 2.57. The number of hydrogen-bond donors (Lipinski definition) is 1. The third-order valence-electron chi connectivity index (χ3n) is 4.04. The summed E-state index contributed by atoms with van der Waals surface area (Å²) >= 11 is 0. The van der Waals surface area contributed by atoms with Crippen LogP contribution in [0, 0.1) is 6.92 Å². The Labute approximate surface area is 147 Å². The number of hydrogen-bond acceptors (Lipinski definition) is 5. The summed E-state index contributed by atoms with van der Waals surface area (Å²) in [6.45, 7) is 8.96. The summed E-state index contributed by atoms with van der Waals surface area (Å²) in [7, 11) is 0. The zero-order valence-electron chi connectivity index (χ0n) is 15.1. The summed E-state index contributed by atoms with van der Waals surface area (Å²) in [5.41, 5.74) is 1.39. The van der Waals surface area contributed by atoms with Gasteiger partial charge in [-0.15, -0.1) is 0 Å². The van der Waals surface area contributed by atoms with Crippen molar-refractivity contribution < 1.29 is 18.7 Å². The molecule has 0 spiro atoms. The van der Waals surface area contributed by atoms with Crippen LogP contribution in [0.15, 0.2) is 22.6 Å². The molecule has 0 unspecified atom stereocenters. The molecule has 6 nitrogen and oxygen atoms in total. The number of aromatic nitrogens is 1. The first kappa shape index (κ1) is 17.3. The molecule has 3 rings (SSSR count). The van der Waals surface area contributed by atoms with Gasteiger partial charge in [-0.2, -0.15) is 0 Å². The largest absolute Gasteiger partial charge is 0.454 e. The molecule has 0 atom stereocenters. The topological polar surface area (TPSA) is 73.6 Å². The molecule has 0 radical (unpaired) electrons. The predicted octanol–water partition coefficient (Wildman–Crippen LogP) is 3.37. The molecule has 6 heteroatoms. The van der Waals surface area contributed by atoms with Crippen LogP contribution in [-0.2, 0) is 11.8 Å². The van der Waals surface area contributed by atoms with Crippen molar-refractivity contribution in [2.45, 2.75) is 46.0 Å². The van der Waals surface area contributed by atoms with Crippen molar-refractivity contribution in [2.24, 2.45) is 0 Å². The Morgan fingerprint density at radius 3 is 2.72 bits per heavy atom. The average molecular weight is 344 g/mol. The Morgan fingerprint density at radius 2 is 2.00 bits per heavy atom. The second-order valence-electron chi connectivity index (χ2n) is 7.21. The molecule has 0 saturated carbocycles. The number of amides is 1. The van der Waals surface area contributed by atoms with E-state index in [4.69, 9.17) is 13.9 Å². The Hall–Kier alpha value is -2.50. The Bertz CT molecular complexity index is 774. The van der Waals surface area contributed by atoms with E-state index in [1.807, 2.05) is 6.92 Å². The molecule has 2 aromatic rings. The quantitative estimate of drug-likeness (QED) is 0.842. The van der Waals surface area contributed by atoms with E-state index < -0.39 is 0 Å². The van der Waals surface area contributed by atoms with Crippen molar-refractivity contribution in [2.75, 3.05) is 13.3 Å². The van der Waals surface area contributed by atoms with Crippen molar-refractivity contribution in [3.8, 4) is 11.5 Å². The minimum atomic E-state index is -0.122. The van der Waals surface area contributed by atoms with Gasteiger partial charge in [-0.25, -0.2) is 4.98 Å². The fraction of sp³-hybridized carbons (Fsp3) is 0.474. The predicted molar refractivity (Wildman–Crippen MR) is 93.2 cm³/mol. The zero-order chi connectivity index (χ0) is 18.0. The van der Waals surface area contributed by atoms with Gasteiger partial charge in [0.2, 0.25) is 6.79 Å².